The van der Waals surface area contributed by atoms with Crippen LogP contribution in [0, 0.1) is 5.41 Å². The summed E-state index contributed by atoms with van der Waals surface area (Å²) in [4.78, 5) is 39.8. The minimum atomic E-state index is -1.79. The second-order valence-corrected chi connectivity index (χ2v) is 9.40. The van der Waals surface area contributed by atoms with Crippen LogP contribution in [0.25, 0.3) is 11.0 Å². The van der Waals surface area contributed by atoms with Gasteiger partial charge in [-0.05, 0) is 42.6 Å². The number of hydrogen-bond acceptors (Lipinski definition) is 8. The Morgan fingerprint density at radius 2 is 1.83 bits per heavy atom. The van der Waals surface area contributed by atoms with Gasteiger partial charge in [-0.15, -0.1) is 0 Å². The van der Waals surface area contributed by atoms with Gasteiger partial charge in [0, 0.05) is 11.8 Å². The molecule has 2 saturated heterocycles. The molecule has 3 aliphatic rings. The van der Waals surface area contributed by atoms with Crippen molar-refractivity contribution >= 4 is 34.5 Å². The molecule has 1 aromatic heterocycles. The molecule has 6 rings (SSSR count). The molecule has 1 spiro atoms. The largest absolute Gasteiger partial charge is 0.470 e. The summed E-state index contributed by atoms with van der Waals surface area (Å²) in [7, 11) is 0. The number of ether oxygens (including phenoxy) is 2. The molecule has 10 nitrogen and oxygen atoms in total. The topological polar surface area (TPSA) is 123 Å². The van der Waals surface area contributed by atoms with Crippen LogP contribution in [0.1, 0.15) is 25.0 Å². The van der Waals surface area contributed by atoms with Gasteiger partial charge in [0.05, 0.1) is 17.5 Å². The quantitative estimate of drug-likeness (QED) is 0.421. The lowest BCUT2D eigenvalue weighted by Gasteiger charge is -2.56. The van der Waals surface area contributed by atoms with Gasteiger partial charge in [0.2, 0.25) is 11.8 Å². The molecule has 2 aromatic carbocycles. The van der Waals surface area contributed by atoms with Crippen LogP contribution in [0.4, 0.5) is 14.9 Å². The number of rotatable bonds is 3. The number of nitrogens with zero attached hydrogens (tertiary/aromatic N) is 2. The molecule has 4 heterocycles. The number of imide groups is 2. The minimum absolute atomic E-state index is 0.0809. The number of benzene rings is 2. The van der Waals surface area contributed by atoms with Crippen LogP contribution in [0.15, 0.2) is 47.0 Å². The number of aromatic nitrogens is 1. The molecule has 36 heavy (non-hydrogen) atoms. The van der Waals surface area contributed by atoms with Gasteiger partial charge in [-0.1, -0.05) is 30.3 Å². The molecule has 3 aromatic rings. The van der Waals surface area contributed by atoms with Crippen LogP contribution in [-0.2, 0) is 27.4 Å². The van der Waals surface area contributed by atoms with E-state index in [9.17, 15) is 14.4 Å². The fourth-order valence-electron chi connectivity index (χ4n) is 5.61. The van der Waals surface area contributed by atoms with Crippen molar-refractivity contribution in [2.45, 2.75) is 51.4 Å². The molecule has 1 unspecified atom stereocenters. The lowest BCUT2D eigenvalue weighted by Crippen LogP contribution is -2.76. The van der Waals surface area contributed by atoms with Crippen molar-refractivity contribution in [3.8, 4) is 5.88 Å². The van der Waals surface area contributed by atoms with Gasteiger partial charge in [-0.25, -0.2) is 9.18 Å². The third-order valence-electron chi connectivity index (χ3n) is 7.20. The van der Waals surface area contributed by atoms with Crippen molar-refractivity contribution < 1.29 is 32.8 Å². The molecule has 3 aliphatic heterocycles. The van der Waals surface area contributed by atoms with E-state index in [4.69, 9.17) is 14.0 Å². The van der Waals surface area contributed by atoms with Crippen LogP contribution >= 0.6 is 0 Å². The van der Waals surface area contributed by atoms with Crippen LogP contribution in [-0.4, -0.2) is 47.5 Å². The van der Waals surface area contributed by atoms with Crippen molar-refractivity contribution in [1.82, 2.24) is 15.8 Å². The monoisotopic (exact) mass is 494 g/mol. The third-order valence-corrected chi connectivity index (χ3v) is 7.20. The van der Waals surface area contributed by atoms with E-state index < -0.39 is 47.8 Å². The van der Waals surface area contributed by atoms with E-state index in [-0.39, 0.29) is 18.9 Å². The van der Waals surface area contributed by atoms with Crippen molar-refractivity contribution in [3.05, 3.63) is 53.6 Å². The summed E-state index contributed by atoms with van der Waals surface area (Å²) < 4.78 is 32.9. The Morgan fingerprint density at radius 1 is 1.11 bits per heavy atom. The number of anilines is 1. The lowest BCUT2D eigenvalue weighted by molar-refractivity contribution is -0.159. The number of nitrogens with one attached hydrogen (secondary N) is 2. The maximum absolute atomic E-state index is 15.7. The number of carbonyl (C=O) groups excluding carboxylic acids is 3. The SMILES string of the molecule is C[C@@H]1O[C@H](C)C(F)N2c3cc4onc(OCc5ccccc5)c4cc3CC3(C(=O)NC(=O)NC3=O)[C@@H]12. The molecule has 11 heteroatoms. The summed E-state index contributed by atoms with van der Waals surface area (Å²) in [6.45, 7) is 3.53. The van der Waals surface area contributed by atoms with Gasteiger partial charge >= 0.3 is 6.03 Å². The minimum Gasteiger partial charge on any atom is -0.470 e. The van der Waals surface area contributed by atoms with Crippen molar-refractivity contribution in [2.75, 3.05) is 4.90 Å². The number of hydrogen-bond donors (Lipinski definition) is 2. The van der Waals surface area contributed by atoms with E-state index in [2.05, 4.69) is 15.8 Å². The second-order valence-electron chi connectivity index (χ2n) is 9.40. The zero-order valence-corrected chi connectivity index (χ0v) is 19.5. The normalized spacial score (nSPS) is 26.9. The average molecular weight is 494 g/mol. The first-order valence-electron chi connectivity index (χ1n) is 11.6. The highest BCUT2D eigenvalue weighted by atomic mass is 19.1. The van der Waals surface area contributed by atoms with Gasteiger partial charge in [-0.2, -0.15) is 0 Å². The fourth-order valence-corrected chi connectivity index (χ4v) is 5.61. The molecule has 186 valence electrons. The molecule has 0 radical (unpaired) electrons. The maximum atomic E-state index is 15.7. The summed E-state index contributed by atoms with van der Waals surface area (Å²) in [6.07, 6.45) is -3.26. The van der Waals surface area contributed by atoms with Gasteiger partial charge in [0.15, 0.2) is 17.3 Å². The first-order valence-corrected chi connectivity index (χ1v) is 11.6. The number of morpholine rings is 1. The van der Waals surface area contributed by atoms with E-state index in [0.717, 1.165) is 5.56 Å². The Kier molecular flexibility index (Phi) is 5.01. The number of urea groups is 1. The predicted molar refractivity (Wildman–Crippen MR) is 124 cm³/mol. The molecule has 4 amide bonds. The van der Waals surface area contributed by atoms with Crippen LogP contribution in [0.2, 0.25) is 0 Å². The van der Waals surface area contributed by atoms with Crippen molar-refractivity contribution in [3.63, 3.8) is 0 Å². The van der Waals surface area contributed by atoms with Crippen LogP contribution < -0.4 is 20.3 Å². The fraction of sp³-hybridized carbons (Fsp3) is 0.360. The highest BCUT2D eigenvalue weighted by Gasteiger charge is 2.64. The number of amides is 4. The molecule has 0 saturated carbocycles. The Balaban J connectivity index is 1.47. The number of halogens is 1. The molecule has 2 fully saturated rings. The van der Waals surface area contributed by atoms with Gasteiger partial charge in [-0.3, -0.25) is 20.2 Å². The van der Waals surface area contributed by atoms with E-state index >= 15 is 4.39 Å². The summed E-state index contributed by atoms with van der Waals surface area (Å²) in [5.41, 5.74) is 0.509. The summed E-state index contributed by atoms with van der Waals surface area (Å²) >= 11 is 0. The summed E-state index contributed by atoms with van der Waals surface area (Å²) in [5, 5.41) is 8.95. The first kappa shape index (κ1) is 22.5. The molecular formula is C25H23FN4O6. The van der Waals surface area contributed by atoms with E-state index in [1.54, 1.807) is 26.0 Å². The zero-order chi connectivity index (χ0) is 25.2. The predicted octanol–water partition coefficient (Wildman–Crippen LogP) is 2.59. The zero-order valence-electron chi connectivity index (χ0n) is 19.5. The van der Waals surface area contributed by atoms with Gasteiger partial charge in [0.25, 0.3) is 5.88 Å². The van der Waals surface area contributed by atoms with Gasteiger partial charge in [0.1, 0.15) is 12.7 Å². The van der Waals surface area contributed by atoms with Gasteiger partial charge < -0.3 is 18.9 Å². The Bertz CT molecular complexity index is 1370. The maximum Gasteiger partial charge on any atom is 0.328 e. The summed E-state index contributed by atoms with van der Waals surface area (Å²) in [5.74, 6) is -1.35. The van der Waals surface area contributed by atoms with E-state index in [1.807, 2.05) is 30.3 Å². The molecule has 4 atom stereocenters. The first-order chi connectivity index (χ1) is 17.3. The van der Waals surface area contributed by atoms with E-state index in [1.165, 1.54) is 4.90 Å². The summed E-state index contributed by atoms with van der Waals surface area (Å²) in [6, 6.07) is 11.0. The van der Waals surface area contributed by atoms with Crippen molar-refractivity contribution in [2.24, 2.45) is 5.41 Å². The highest BCUT2D eigenvalue weighted by Crippen LogP contribution is 2.50. The standard InChI is InChI=1S/C25H23FN4O6/c1-12-19-25(22(31)27-24(33)28-23(25)32)10-15-8-16-18(9-17(15)30(19)20(26)13(2)35-12)36-29-21(16)34-11-14-6-4-3-5-7-14/h3-9,12-13,19-20H,10-11H2,1-2H3,(H2,27,28,31,32,33)/t12-,13+,19+,20?/m0/s1. The van der Waals surface area contributed by atoms with E-state index in [0.29, 0.717) is 22.2 Å². The molecule has 0 bridgehead atoms. The molecule has 2 N–H and O–H groups in total. The number of alkyl halides is 1. The lowest BCUT2D eigenvalue weighted by atomic mass is 9.66. The second kappa shape index (κ2) is 8.02. The number of carbonyl (C=O) groups is 3. The number of barbiturate groups is 1. The third kappa shape index (κ3) is 3.19. The molecular weight excluding hydrogens is 471 g/mol. The van der Waals surface area contributed by atoms with Crippen LogP contribution in [0.5, 0.6) is 5.88 Å². The Hall–Kier alpha value is -3.99. The average Bonchev–Trinajstić information content (AvgIpc) is 3.25. The Labute approximate surface area is 204 Å². The highest BCUT2D eigenvalue weighted by molar-refractivity contribution is 6.20. The molecule has 0 aliphatic carbocycles. The van der Waals surface area contributed by atoms with Crippen LogP contribution in [0.3, 0.4) is 0 Å². The van der Waals surface area contributed by atoms with Crippen molar-refractivity contribution in [1.29, 1.82) is 0 Å². The Morgan fingerprint density at radius 3 is 2.56 bits per heavy atom. The smallest absolute Gasteiger partial charge is 0.328 e. The number of fused-ring (bicyclic) bond motifs is 5.